The zero-order chi connectivity index (χ0) is 13.6. The van der Waals surface area contributed by atoms with Crippen molar-refractivity contribution in [2.75, 3.05) is 20.4 Å². The fourth-order valence-corrected chi connectivity index (χ4v) is 2.81. The maximum atomic E-state index is 5.58. The van der Waals surface area contributed by atoms with Crippen LogP contribution < -0.4 is 14.2 Å². The molecule has 2 heterocycles. The highest BCUT2D eigenvalue weighted by atomic mass is 16.7. The molecule has 0 aliphatic carbocycles. The van der Waals surface area contributed by atoms with Crippen LogP contribution in [0.1, 0.15) is 31.9 Å². The molecule has 0 fully saturated rings. The molecule has 2 aliphatic rings. The molecule has 19 heavy (non-hydrogen) atoms. The van der Waals surface area contributed by atoms with E-state index in [1.807, 2.05) is 0 Å². The molecule has 0 bridgehead atoms. The molecule has 0 aromatic heterocycles. The molecule has 0 atom stereocenters. The fourth-order valence-electron chi connectivity index (χ4n) is 2.81. The number of hydrogen-bond acceptors (Lipinski definition) is 4. The van der Waals surface area contributed by atoms with E-state index < -0.39 is 0 Å². The zero-order valence-corrected chi connectivity index (χ0v) is 12.1. The second-order valence-electron chi connectivity index (χ2n) is 6.12. The Hall–Kier alpha value is -1.42. The van der Waals surface area contributed by atoms with Crippen molar-refractivity contribution in [1.82, 2.24) is 4.90 Å². The molecule has 1 aromatic carbocycles. The van der Waals surface area contributed by atoms with Crippen LogP contribution in [0, 0.1) is 0 Å². The molecule has 104 valence electrons. The van der Waals surface area contributed by atoms with E-state index in [0.717, 1.165) is 36.8 Å². The molecule has 0 unspecified atom stereocenters. The third-order valence-electron chi connectivity index (χ3n) is 3.97. The van der Waals surface area contributed by atoms with E-state index in [1.54, 1.807) is 7.11 Å². The Morgan fingerprint density at radius 1 is 1.26 bits per heavy atom. The molecule has 4 nitrogen and oxygen atoms in total. The summed E-state index contributed by atoms with van der Waals surface area (Å²) in [6, 6.07) is 2.11. The van der Waals surface area contributed by atoms with Gasteiger partial charge in [-0.1, -0.05) is 0 Å². The summed E-state index contributed by atoms with van der Waals surface area (Å²) in [6.45, 7) is 9.00. The third kappa shape index (κ3) is 2.04. The molecular weight excluding hydrogens is 242 g/mol. The second-order valence-corrected chi connectivity index (χ2v) is 6.12. The van der Waals surface area contributed by atoms with Gasteiger partial charge in [-0.05, 0) is 38.8 Å². The summed E-state index contributed by atoms with van der Waals surface area (Å²) in [7, 11) is 1.70. The molecule has 3 rings (SSSR count). The average Bonchev–Trinajstić information content (AvgIpc) is 2.81. The first-order valence-electron chi connectivity index (χ1n) is 6.74. The number of benzene rings is 1. The van der Waals surface area contributed by atoms with Crippen molar-refractivity contribution >= 4 is 0 Å². The topological polar surface area (TPSA) is 30.9 Å². The monoisotopic (exact) mass is 263 g/mol. The van der Waals surface area contributed by atoms with Crippen molar-refractivity contribution in [3.8, 4) is 17.2 Å². The SMILES string of the molecule is COc1c2c(cc3c1OCO3)CCN(C(C)(C)C)C2. The van der Waals surface area contributed by atoms with Gasteiger partial charge in [-0.3, -0.25) is 4.90 Å². The van der Waals surface area contributed by atoms with E-state index >= 15 is 0 Å². The van der Waals surface area contributed by atoms with Gasteiger partial charge in [0.25, 0.3) is 0 Å². The largest absolute Gasteiger partial charge is 0.492 e. The van der Waals surface area contributed by atoms with Crippen LogP contribution in [-0.4, -0.2) is 30.9 Å². The van der Waals surface area contributed by atoms with Gasteiger partial charge in [-0.15, -0.1) is 0 Å². The van der Waals surface area contributed by atoms with Gasteiger partial charge >= 0.3 is 0 Å². The van der Waals surface area contributed by atoms with Crippen molar-refractivity contribution in [2.24, 2.45) is 0 Å². The number of methoxy groups -OCH3 is 1. The molecule has 0 N–H and O–H groups in total. The Kier molecular flexibility index (Phi) is 2.86. The van der Waals surface area contributed by atoms with Gasteiger partial charge < -0.3 is 14.2 Å². The summed E-state index contributed by atoms with van der Waals surface area (Å²) in [5.74, 6) is 2.43. The van der Waals surface area contributed by atoms with Crippen LogP contribution in [0.15, 0.2) is 6.07 Å². The first-order valence-corrected chi connectivity index (χ1v) is 6.74. The summed E-state index contributed by atoms with van der Waals surface area (Å²) >= 11 is 0. The molecule has 0 spiro atoms. The van der Waals surface area contributed by atoms with E-state index in [2.05, 4.69) is 31.7 Å². The zero-order valence-electron chi connectivity index (χ0n) is 12.1. The number of fused-ring (bicyclic) bond motifs is 2. The number of hydrogen-bond donors (Lipinski definition) is 0. The number of rotatable bonds is 1. The third-order valence-corrected chi connectivity index (χ3v) is 3.97. The lowest BCUT2D eigenvalue weighted by atomic mass is 9.94. The lowest BCUT2D eigenvalue weighted by molar-refractivity contribution is 0.119. The molecule has 4 heteroatoms. The smallest absolute Gasteiger partial charge is 0.231 e. The van der Waals surface area contributed by atoms with E-state index in [-0.39, 0.29) is 12.3 Å². The number of nitrogens with zero attached hydrogens (tertiary/aromatic N) is 1. The predicted molar refractivity (Wildman–Crippen MR) is 73.0 cm³/mol. The second kappa shape index (κ2) is 4.30. The Morgan fingerprint density at radius 3 is 2.74 bits per heavy atom. The van der Waals surface area contributed by atoms with Crippen molar-refractivity contribution < 1.29 is 14.2 Å². The van der Waals surface area contributed by atoms with E-state index in [9.17, 15) is 0 Å². The van der Waals surface area contributed by atoms with Crippen LogP contribution >= 0.6 is 0 Å². The molecular formula is C15H21NO3. The molecule has 0 amide bonds. The van der Waals surface area contributed by atoms with Gasteiger partial charge in [0.1, 0.15) is 0 Å². The van der Waals surface area contributed by atoms with Crippen molar-refractivity contribution in [3.63, 3.8) is 0 Å². The first-order chi connectivity index (χ1) is 9.00. The minimum absolute atomic E-state index is 0.166. The highest BCUT2D eigenvalue weighted by molar-refractivity contribution is 5.60. The van der Waals surface area contributed by atoms with Gasteiger partial charge in [0.05, 0.1) is 7.11 Å². The summed E-state index contributed by atoms with van der Waals surface area (Å²) in [5.41, 5.74) is 2.73. The predicted octanol–water partition coefficient (Wildman–Crippen LogP) is 2.58. The van der Waals surface area contributed by atoms with Crippen LogP contribution in [0.2, 0.25) is 0 Å². The minimum Gasteiger partial charge on any atom is -0.492 e. The quantitative estimate of drug-likeness (QED) is 0.779. The fraction of sp³-hybridized carbons (Fsp3) is 0.600. The van der Waals surface area contributed by atoms with Crippen LogP contribution in [0.25, 0.3) is 0 Å². The maximum Gasteiger partial charge on any atom is 0.231 e. The van der Waals surface area contributed by atoms with E-state index in [0.29, 0.717) is 0 Å². The summed E-state index contributed by atoms with van der Waals surface area (Å²) in [4.78, 5) is 2.47. The van der Waals surface area contributed by atoms with Crippen molar-refractivity contribution in [2.45, 2.75) is 39.3 Å². The Bertz CT molecular complexity index is 505. The van der Waals surface area contributed by atoms with E-state index in [4.69, 9.17) is 14.2 Å². The molecule has 2 aliphatic heterocycles. The summed E-state index contributed by atoms with van der Waals surface area (Å²) < 4.78 is 16.6. The minimum atomic E-state index is 0.166. The van der Waals surface area contributed by atoms with E-state index in [1.165, 1.54) is 11.1 Å². The molecule has 0 saturated carbocycles. The maximum absolute atomic E-state index is 5.58. The van der Waals surface area contributed by atoms with Crippen molar-refractivity contribution in [1.29, 1.82) is 0 Å². The summed E-state index contributed by atoms with van der Waals surface area (Å²) in [5, 5.41) is 0. The van der Waals surface area contributed by atoms with Gasteiger partial charge in [0.2, 0.25) is 12.5 Å². The van der Waals surface area contributed by atoms with Gasteiger partial charge in [-0.25, -0.2) is 0 Å². The lowest BCUT2D eigenvalue weighted by Gasteiger charge is -2.39. The van der Waals surface area contributed by atoms with Crippen molar-refractivity contribution in [3.05, 3.63) is 17.2 Å². The van der Waals surface area contributed by atoms with Crippen LogP contribution in [0.3, 0.4) is 0 Å². The van der Waals surface area contributed by atoms with Gasteiger partial charge in [0, 0.05) is 24.2 Å². The highest BCUT2D eigenvalue weighted by Gasteiger charge is 2.32. The summed E-state index contributed by atoms with van der Waals surface area (Å²) in [6.07, 6.45) is 1.03. The Balaban J connectivity index is 2.04. The van der Waals surface area contributed by atoms with Crippen LogP contribution in [0.4, 0.5) is 0 Å². The number of ether oxygens (including phenoxy) is 3. The average molecular weight is 263 g/mol. The lowest BCUT2D eigenvalue weighted by Crippen LogP contribution is -2.44. The molecule has 0 radical (unpaired) electrons. The Morgan fingerprint density at radius 2 is 2.05 bits per heavy atom. The van der Waals surface area contributed by atoms with Gasteiger partial charge in [0.15, 0.2) is 11.5 Å². The standard InChI is InChI=1S/C15H21NO3/c1-15(2,3)16-6-5-10-7-12-14(19-9-18-12)13(17-4)11(10)8-16/h7H,5-6,8-9H2,1-4H3. The normalized spacial score (nSPS) is 18.3. The highest BCUT2D eigenvalue weighted by Crippen LogP contribution is 2.46. The Labute approximate surface area is 114 Å². The van der Waals surface area contributed by atoms with Crippen LogP contribution in [-0.2, 0) is 13.0 Å². The molecule has 0 saturated heterocycles. The van der Waals surface area contributed by atoms with Crippen LogP contribution in [0.5, 0.6) is 17.2 Å². The van der Waals surface area contributed by atoms with Gasteiger partial charge in [-0.2, -0.15) is 0 Å². The molecule has 1 aromatic rings. The first kappa shape index (κ1) is 12.6.